The van der Waals surface area contributed by atoms with Crippen molar-refractivity contribution in [2.24, 2.45) is 0 Å². The summed E-state index contributed by atoms with van der Waals surface area (Å²) in [6, 6.07) is 14.8. The molecule has 2 heterocycles. The van der Waals surface area contributed by atoms with Crippen LogP contribution in [0.1, 0.15) is 5.82 Å². The number of fused-ring (bicyclic) bond motifs is 5. The first-order chi connectivity index (χ1) is 10.5. The average Bonchev–Trinajstić information content (AvgIpc) is 2.89. The van der Waals surface area contributed by atoms with Gasteiger partial charge in [-0.15, -0.1) is 0 Å². The lowest BCUT2D eigenvalue weighted by Gasteiger charge is -2.06. The zero-order chi connectivity index (χ0) is 15.3. The largest absolute Gasteiger partial charge is 0.449 e. The number of hydrogen-bond acceptors (Lipinski definition) is 2. The summed E-state index contributed by atoms with van der Waals surface area (Å²) in [5, 5.41) is 0. The van der Waals surface area contributed by atoms with Gasteiger partial charge in [-0.05, 0) is 12.1 Å². The molecular formula is C16H9F3N2S. The first-order valence-electron chi connectivity index (χ1n) is 6.58. The van der Waals surface area contributed by atoms with Gasteiger partial charge in [0.2, 0.25) is 5.82 Å². The summed E-state index contributed by atoms with van der Waals surface area (Å²) in [6.45, 7) is 0. The summed E-state index contributed by atoms with van der Waals surface area (Å²) >= 11 is 1.54. The van der Waals surface area contributed by atoms with Crippen LogP contribution in [0.2, 0.25) is 0 Å². The second kappa shape index (κ2) is 4.64. The molecule has 0 atom stereocenters. The molecule has 1 aliphatic heterocycles. The highest BCUT2D eigenvalue weighted by Gasteiger charge is 2.37. The molecule has 4 rings (SSSR count). The van der Waals surface area contributed by atoms with Gasteiger partial charge in [-0.3, -0.25) is 0 Å². The zero-order valence-electron chi connectivity index (χ0n) is 11.1. The van der Waals surface area contributed by atoms with Crippen LogP contribution in [0, 0.1) is 0 Å². The molecule has 6 heteroatoms. The molecule has 22 heavy (non-hydrogen) atoms. The summed E-state index contributed by atoms with van der Waals surface area (Å²) < 4.78 is 39.1. The van der Waals surface area contributed by atoms with Crippen LogP contribution in [0.25, 0.3) is 22.5 Å². The number of nitrogens with one attached hydrogen (secondary N) is 1. The van der Waals surface area contributed by atoms with Gasteiger partial charge < -0.3 is 4.98 Å². The molecule has 1 aromatic heterocycles. The Bertz CT molecular complexity index is 805. The number of halogens is 3. The lowest BCUT2D eigenvalue weighted by atomic mass is 10.1. The van der Waals surface area contributed by atoms with E-state index >= 15 is 0 Å². The maximum absolute atomic E-state index is 13.0. The van der Waals surface area contributed by atoms with E-state index in [2.05, 4.69) is 9.97 Å². The summed E-state index contributed by atoms with van der Waals surface area (Å²) in [5.41, 5.74) is 2.22. The molecule has 3 aromatic rings. The minimum atomic E-state index is -4.50. The van der Waals surface area contributed by atoms with Crippen LogP contribution in [-0.4, -0.2) is 9.97 Å². The predicted molar refractivity (Wildman–Crippen MR) is 78.6 cm³/mol. The summed E-state index contributed by atoms with van der Waals surface area (Å²) in [5.74, 6) is -0.964. The van der Waals surface area contributed by atoms with Crippen molar-refractivity contribution in [2.75, 3.05) is 0 Å². The third kappa shape index (κ3) is 2.02. The Morgan fingerprint density at radius 1 is 0.864 bits per heavy atom. The van der Waals surface area contributed by atoms with Gasteiger partial charge in [-0.1, -0.05) is 48.2 Å². The Labute approximate surface area is 128 Å². The molecule has 2 aromatic carbocycles. The zero-order valence-corrected chi connectivity index (χ0v) is 11.9. The standard InChI is InChI=1S/C16H9F3N2S/c17-16(18,19)15-20-13-9-5-1-3-7-11(9)22-12-8-4-2-6-10(12)14(13)21-15/h1-8H,(H,20,21). The number of nitrogens with zero attached hydrogens (tertiary/aromatic N) is 1. The van der Waals surface area contributed by atoms with Gasteiger partial charge in [-0.25, -0.2) is 4.98 Å². The van der Waals surface area contributed by atoms with Crippen LogP contribution < -0.4 is 0 Å². The van der Waals surface area contributed by atoms with E-state index in [0.29, 0.717) is 17.0 Å². The predicted octanol–water partition coefficient (Wildman–Crippen LogP) is 5.23. The molecular weight excluding hydrogens is 309 g/mol. The van der Waals surface area contributed by atoms with Crippen molar-refractivity contribution in [3.63, 3.8) is 0 Å². The molecule has 0 spiro atoms. The van der Waals surface area contributed by atoms with Crippen LogP contribution >= 0.6 is 11.8 Å². The van der Waals surface area contributed by atoms with Crippen LogP contribution in [0.4, 0.5) is 13.2 Å². The van der Waals surface area contributed by atoms with Crippen LogP contribution in [0.3, 0.4) is 0 Å². The fraction of sp³-hybridized carbons (Fsp3) is 0.0625. The number of hydrogen-bond donors (Lipinski definition) is 1. The van der Waals surface area contributed by atoms with Gasteiger partial charge in [0.15, 0.2) is 0 Å². The highest BCUT2D eigenvalue weighted by Crippen LogP contribution is 2.47. The van der Waals surface area contributed by atoms with E-state index in [-0.39, 0.29) is 0 Å². The van der Waals surface area contributed by atoms with Crippen LogP contribution in [-0.2, 0) is 6.18 Å². The highest BCUT2D eigenvalue weighted by molar-refractivity contribution is 7.99. The molecule has 0 aliphatic carbocycles. The van der Waals surface area contributed by atoms with Gasteiger partial charge in [-0.2, -0.15) is 13.2 Å². The van der Waals surface area contributed by atoms with Gasteiger partial charge >= 0.3 is 6.18 Å². The van der Waals surface area contributed by atoms with E-state index in [9.17, 15) is 13.2 Å². The third-order valence-corrected chi connectivity index (χ3v) is 4.64. The van der Waals surface area contributed by atoms with E-state index in [1.807, 2.05) is 36.4 Å². The molecule has 110 valence electrons. The number of rotatable bonds is 0. The van der Waals surface area contributed by atoms with E-state index < -0.39 is 12.0 Å². The number of aromatic nitrogens is 2. The Hall–Kier alpha value is -2.21. The maximum Gasteiger partial charge on any atom is 0.449 e. The summed E-state index contributed by atoms with van der Waals surface area (Å²) in [4.78, 5) is 8.10. The topological polar surface area (TPSA) is 28.7 Å². The lowest BCUT2D eigenvalue weighted by molar-refractivity contribution is -0.144. The normalized spacial score (nSPS) is 13.0. The Kier molecular flexibility index (Phi) is 2.84. The number of H-pyrrole nitrogens is 1. The minimum Gasteiger partial charge on any atom is -0.334 e. The van der Waals surface area contributed by atoms with Crippen molar-refractivity contribution in [1.82, 2.24) is 9.97 Å². The van der Waals surface area contributed by atoms with Crippen molar-refractivity contribution in [1.29, 1.82) is 0 Å². The average molecular weight is 318 g/mol. The van der Waals surface area contributed by atoms with E-state index in [1.54, 1.807) is 12.1 Å². The maximum atomic E-state index is 13.0. The summed E-state index contributed by atoms with van der Waals surface area (Å²) in [7, 11) is 0. The van der Waals surface area contributed by atoms with Crippen molar-refractivity contribution in [3.05, 3.63) is 54.4 Å². The summed E-state index contributed by atoms with van der Waals surface area (Å²) in [6.07, 6.45) is -4.50. The molecule has 0 fully saturated rings. The number of alkyl halides is 3. The molecule has 0 radical (unpaired) electrons. The van der Waals surface area contributed by atoms with Crippen molar-refractivity contribution in [3.8, 4) is 22.5 Å². The van der Waals surface area contributed by atoms with E-state index in [1.165, 1.54) is 11.8 Å². The lowest BCUT2D eigenvalue weighted by Crippen LogP contribution is -2.07. The number of benzene rings is 2. The Balaban J connectivity index is 2.07. The molecule has 0 saturated carbocycles. The van der Waals surface area contributed by atoms with Gasteiger partial charge in [0, 0.05) is 20.9 Å². The van der Waals surface area contributed by atoms with E-state index in [0.717, 1.165) is 15.4 Å². The van der Waals surface area contributed by atoms with Gasteiger partial charge in [0.25, 0.3) is 0 Å². The molecule has 1 N–H and O–H groups in total. The Morgan fingerprint density at radius 2 is 1.45 bits per heavy atom. The molecule has 0 unspecified atom stereocenters. The third-order valence-electron chi connectivity index (χ3n) is 3.49. The SMILES string of the molecule is FC(F)(F)c1nc2c([nH]1)-c1ccccc1Sc1ccccc1-2. The minimum absolute atomic E-state index is 0.348. The smallest absolute Gasteiger partial charge is 0.334 e. The van der Waals surface area contributed by atoms with Crippen molar-refractivity contribution < 1.29 is 13.2 Å². The van der Waals surface area contributed by atoms with E-state index in [4.69, 9.17) is 0 Å². The van der Waals surface area contributed by atoms with Crippen LogP contribution in [0.15, 0.2) is 58.3 Å². The molecule has 0 amide bonds. The van der Waals surface area contributed by atoms with Crippen LogP contribution in [0.5, 0.6) is 0 Å². The quantitative estimate of drug-likeness (QED) is 0.481. The fourth-order valence-electron chi connectivity index (χ4n) is 2.53. The second-order valence-corrected chi connectivity index (χ2v) is 5.98. The number of aromatic amines is 1. The Morgan fingerprint density at radius 3 is 2.14 bits per heavy atom. The molecule has 0 saturated heterocycles. The van der Waals surface area contributed by atoms with Gasteiger partial charge in [0.05, 0.1) is 11.4 Å². The molecule has 0 bridgehead atoms. The number of imidazole rings is 1. The first kappa shape index (κ1) is 13.5. The molecule has 1 aliphatic rings. The van der Waals surface area contributed by atoms with Crippen molar-refractivity contribution >= 4 is 11.8 Å². The van der Waals surface area contributed by atoms with Gasteiger partial charge in [0.1, 0.15) is 0 Å². The second-order valence-electron chi connectivity index (χ2n) is 4.90. The highest BCUT2D eigenvalue weighted by atomic mass is 32.2. The first-order valence-corrected chi connectivity index (χ1v) is 7.39. The van der Waals surface area contributed by atoms with Crippen molar-refractivity contribution in [2.45, 2.75) is 16.0 Å². The molecule has 2 nitrogen and oxygen atoms in total. The monoisotopic (exact) mass is 318 g/mol. The fourth-order valence-corrected chi connectivity index (χ4v) is 3.61.